The smallest absolute Gasteiger partial charge is 0.230 e. The van der Waals surface area contributed by atoms with Crippen LogP contribution in [0.2, 0.25) is 0 Å². The van der Waals surface area contributed by atoms with Crippen molar-refractivity contribution in [2.45, 2.75) is 19.3 Å². The van der Waals surface area contributed by atoms with Crippen LogP contribution in [0, 0.1) is 5.82 Å². The lowest BCUT2D eigenvalue weighted by Gasteiger charge is -2.24. The Morgan fingerprint density at radius 1 is 1.35 bits per heavy atom. The fraction of sp³-hybridized carbons (Fsp3) is 0.462. The predicted octanol–water partition coefficient (Wildman–Crippen LogP) is 1.44. The lowest BCUT2D eigenvalue weighted by atomic mass is 9.83. The lowest BCUT2D eigenvalue weighted by Crippen LogP contribution is -2.42. The molecule has 17 heavy (non-hydrogen) atoms. The van der Waals surface area contributed by atoms with Gasteiger partial charge in [-0.1, -0.05) is 12.1 Å². The van der Waals surface area contributed by atoms with Gasteiger partial charge >= 0.3 is 0 Å². The summed E-state index contributed by atoms with van der Waals surface area (Å²) in [5.74, 6) is -0.419. The first-order valence-corrected chi connectivity index (χ1v) is 5.67. The van der Waals surface area contributed by atoms with Crippen LogP contribution in [0.1, 0.15) is 19.4 Å². The molecule has 0 saturated carbocycles. The summed E-state index contributed by atoms with van der Waals surface area (Å²) in [6.07, 6.45) is 0. The minimum atomic E-state index is -0.726. The minimum absolute atomic E-state index is 0.0987. The van der Waals surface area contributed by atoms with E-state index in [-0.39, 0.29) is 11.7 Å². The predicted molar refractivity (Wildman–Crippen MR) is 66.4 cm³/mol. The SMILES string of the molecule is CNCCNC(=O)C(C)(C)c1cccc(F)c1. The van der Waals surface area contributed by atoms with E-state index in [1.165, 1.54) is 12.1 Å². The Bertz CT molecular complexity index is 391. The largest absolute Gasteiger partial charge is 0.354 e. The van der Waals surface area contributed by atoms with Crippen molar-refractivity contribution >= 4 is 5.91 Å². The van der Waals surface area contributed by atoms with Crippen molar-refractivity contribution in [1.29, 1.82) is 0 Å². The van der Waals surface area contributed by atoms with Gasteiger partial charge in [0, 0.05) is 13.1 Å². The van der Waals surface area contributed by atoms with E-state index in [0.29, 0.717) is 18.7 Å². The highest BCUT2D eigenvalue weighted by atomic mass is 19.1. The van der Waals surface area contributed by atoms with Crippen molar-refractivity contribution < 1.29 is 9.18 Å². The highest BCUT2D eigenvalue weighted by Crippen LogP contribution is 2.23. The molecule has 0 bridgehead atoms. The average molecular weight is 238 g/mol. The van der Waals surface area contributed by atoms with Gasteiger partial charge in [0.2, 0.25) is 5.91 Å². The number of carbonyl (C=O) groups is 1. The zero-order chi connectivity index (χ0) is 12.9. The molecule has 4 heteroatoms. The van der Waals surface area contributed by atoms with E-state index < -0.39 is 5.41 Å². The molecule has 3 nitrogen and oxygen atoms in total. The number of benzene rings is 1. The summed E-state index contributed by atoms with van der Waals surface area (Å²) >= 11 is 0. The fourth-order valence-electron chi connectivity index (χ4n) is 1.53. The molecule has 2 N–H and O–H groups in total. The van der Waals surface area contributed by atoms with Gasteiger partial charge in [0.15, 0.2) is 0 Å². The molecule has 0 atom stereocenters. The molecular weight excluding hydrogens is 219 g/mol. The number of hydrogen-bond donors (Lipinski definition) is 2. The van der Waals surface area contributed by atoms with Gasteiger partial charge in [-0.25, -0.2) is 4.39 Å². The van der Waals surface area contributed by atoms with Gasteiger partial charge in [0.05, 0.1) is 5.41 Å². The normalized spacial score (nSPS) is 11.3. The molecule has 0 unspecified atom stereocenters. The minimum Gasteiger partial charge on any atom is -0.354 e. The van der Waals surface area contributed by atoms with Gasteiger partial charge in [-0.2, -0.15) is 0 Å². The first-order chi connectivity index (χ1) is 7.98. The molecule has 1 aromatic carbocycles. The Kier molecular flexibility index (Phi) is 4.63. The standard InChI is InChI=1S/C13H19FN2O/c1-13(2,12(17)16-8-7-15-3)10-5-4-6-11(14)9-10/h4-6,9,15H,7-8H2,1-3H3,(H,16,17). The summed E-state index contributed by atoms with van der Waals surface area (Å²) in [4.78, 5) is 12.0. The van der Waals surface area contributed by atoms with Crippen LogP contribution in [0.5, 0.6) is 0 Å². The molecule has 0 fully saturated rings. The third kappa shape index (κ3) is 3.53. The van der Waals surface area contributed by atoms with E-state index in [4.69, 9.17) is 0 Å². The highest BCUT2D eigenvalue weighted by molar-refractivity contribution is 5.87. The van der Waals surface area contributed by atoms with Crippen molar-refractivity contribution in [3.8, 4) is 0 Å². The van der Waals surface area contributed by atoms with Gasteiger partial charge in [-0.15, -0.1) is 0 Å². The highest BCUT2D eigenvalue weighted by Gasteiger charge is 2.29. The quantitative estimate of drug-likeness (QED) is 0.762. The number of hydrogen-bond acceptors (Lipinski definition) is 2. The Hall–Kier alpha value is -1.42. The monoisotopic (exact) mass is 238 g/mol. The average Bonchev–Trinajstić information content (AvgIpc) is 2.29. The van der Waals surface area contributed by atoms with Gasteiger partial charge in [-0.3, -0.25) is 4.79 Å². The summed E-state index contributed by atoms with van der Waals surface area (Å²) in [6.45, 7) is 4.85. The first kappa shape index (κ1) is 13.6. The molecule has 0 aliphatic heterocycles. The Morgan fingerprint density at radius 2 is 2.06 bits per heavy atom. The van der Waals surface area contributed by atoms with Crippen LogP contribution >= 0.6 is 0 Å². The molecule has 0 aliphatic carbocycles. The van der Waals surface area contributed by atoms with Crippen molar-refractivity contribution in [3.05, 3.63) is 35.6 Å². The van der Waals surface area contributed by atoms with Gasteiger partial charge in [-0.05, 0) is 38.6 Å². The molecule has 0 saturated heterocycles. The van der Waals surface area contributed by atoms with Crippen LogP contribution in [0.3, 0.4) is 0 Å². The maximum atomic E-state index is 13.1. The molecule has 1 amide bonds. The second-order valence-corrected chi connectivity index (χ2v) is 4.49. The van der Waals surface area contributed by atoms with Crippen LogP contribution < -0.4 is 10.6 Å². The van der Waals surface area contributed by atoms with Crippen LogP contribution in [0.4, 0.5) is 4.39 Å². The lowest BCUT2D eigenvalue weighted by molar-refractivity contribution is -0.125. The third-order valence-electron chi connectivity index (χ3n) is 2.77. The Labute approximate surface area is 101 Å². The molecule has 0 aliphatic rings. The molecule has 1 aromatic rings. The van der Waals surface area contributed by atoms with Crippen molar-refractivity contribution in [2.75, 3.05) is 20.1 Å². The molecule has 94 valence electrons. The van der Waals surface area contributed by atoms with E-state index in [1.807, 2.05) is 7.05 Å². The first-order valence-electron chi connectivity index (χ1n) is 5.67. The van der Waals surface area contributed by atoms with E-state index in [0.717, 1.165) is 0 Å². The number of rotatable bonds is 5. The number of amides is 1. The van der Waals surface area contributed by atoms with Crippen molar-refractivity contribution in [2.24, 2.45) is 0 Å². The third-order valence-corrected chi connectivity index (χ3v) is 2.77. The molecule has 0 aromatic heterocycles. The number of carbonyl (C=O) groups excluding carboxylic acids is 1. The van der Waals surface area contributed by atoms with Crippen molar-refractivity contribution in [3.63, 3.8) is 0 Å². The van der Waals surface area contributed by atoms with Crippen molar-refractivity contribution in [1.82, 2.24) is 10.6 Å². The molecule has 1 rings (SSSR count). The second-order valence-electron chi connectivity index (χ2n) is 4.49. The zero-order valence-electron chi connectivity index (χ0n) is 10.5. The molecule has 0 spiro atoms. The zero-order valence-corrected chi connectivity index (χ0v) is 10.5. The van der Waals surface area contributed by atoms with Crippen LogP contribution in [0.25, 0.3) is 0 Å². The molecule has 0 radical (unpaired) electrons. The van der Waals surface area contributed by atoms with E-state index in [1.54, 1.807) is 26.0 Å². The summed E-state index contributed by atoms with van der Waals surface area (Å²) in [7, 11) is 1.82. The maximum absolute atomic E-state index is 13.1. The number of likely N-dealkylation sites (N-methyl/N-ethyl adjacent to an activating group) is 1. The second kappa shape index (κ2) is 5.77. The summed E-state index contributed by atoms with van der Waals surface area (Å²) in [6, 6.07) is 6.16. The van der Waals surface area contributed by atoms with E-state index >= 15 is 0 Å². The van der Waals surface area contributed by atoms with Crippen LogP contribution in [-0.2, 0) is 10.2 Å². The summed E-state index contributed by atoms with van der Waals surface area (Å²) < 4.78 is 13.1. The topological polar surface area (TPSA) is 41.1 Å². The number of nitrogens with one attached hydrogen (secondary N) is 2. The number of halogens is 1. The van der Waals surface area contributed by atoms with Crippen LogP contribution in [0.15, 0.2) is 24.3 Å². The Balaban J connectivity index is 2.76. The van der Waals surface area contributed by atoms with Crippen LogP contribution in [-0.4, -0.2) is 26.0 Å². The molecular formula is C13H19FN2O. The van der Waals surface area contributed by atoms with E-state index in [9.17, 15) is 9.18 Å². The van der Waals surface area contributed by atoms with Gasteiger partial charge in [0.25, 0.3) is 0 Å². The maximum Gasteiger partial charge on any atom is 0.230 e. The fourth-order valence-corrected chi connectivity index (χ4v) is 1.53. The summed E-state index contributed by atoms with van der Waals surface area (Å²) in [5.41, 5.74) is -0.0463. The van der Waals surface area contributed by atoms with Gasteiger partial charge < -0.3 is 10.6 Å². The van der Waals surface area contributed by atoms with Gasteiger partial charge in [0.1, 0.15) is 5.82 Å². The molecule has 0 heterocycles. The Morgan fingerprint density at radius 3 is 2.65 bits per heavy atom. The van der Waals surface area contributed by atoms with E-state index in [2.05, 4.69) is 10.6 Å². The summed E-state index contributed by atoms with van der Waals surface area (Å²) in [5, 5.41) is 5.77.